The number of hydrogen-bond donors (Lipinski definition) is 1. The summed E-state index contributed by atoms with van der Waals surface area (Å²) >= 11 is 0. The molecule has 13 heteroatoms. The lowest BCUT2D eigenvalue weighted by atomic mass is 10.1. The molecule has 0 saturated carbocycles. The van der Waals surface area contributed by atoms with E-state index in [1.165, 1.54) is 18.3 Å². The van der Waals surface area contributed by atoms with Gasteiger partial charge in [0.2, 0.25) is 11.9 Å². The molecule has 0 aliphatic carbocycles. The Labute approximate surface area is 249 Å². The van der Waals surface area contributed by atoms with Crippen molar-refractivity contribution in [2.75, 3.05) is 57.8 Å². The minimum absolute atomic E-state index is 0.0651. The Bertz CT molecular complexity index is 1610. The van der Waals surface area contributed by atoms with Crippen LogP contribution in [0.2, 0.25) is 0 Å². The fraction of sp³-hybridized carbons (Fsp3) is 0.400. The average Bonchev–Trinajstić information content (AvgIpc) is 3.24. The molecule has 2 saturated heterocycles. The molecule has 0 bridgehead atoms. The Balaban J connectivity index is 1.19. The first kappa shape index (κ1) is 28.4. The van der Waals surface area contributed by atoms with Gasteiger partial charge in [-0.3, -0.25) is 14.6 Å². The second-order valence-electron chi connectivity index (χ2n) is 10.9. The highest BCUT2D eigenvalue weighted by molar-refractivity contribution is 5.80. The molecule has 1 aromatic carbocycles. The van der Waals surface area contributed by atoms with Crippen LogP contribution in [0.1, 0.15) is 24.0 Å². The maximum absolute atomic E-state index is 13.6. The van der Waals surface area contributed by atoms with Crippen molar-refractivity contribution in [3.8, 4) is 17.3 Å². The van der Waals surface area contributed by atoms with Gasteiger partial charge < -0.3 is 19.5 Å². The summed E-state index contributed by atoms with van der Waals surface area (Å²) in [6, 6.07) is 8.02. The predicted molar refractivity (Wildman–Crippen MR) is 158 cm³/mol. The van der Waals surface area contributed by atoms with Crippen molar-refractivity contribution in [3.05, 3.63) is 65.3 Å². The number of hydrogen-bond acceptors (Lipinski definition) is 10. The number of carbonyl (C=O) groups is 1. The zero-order valence-electron chi connectivity index (χ0n) is 24.2. The Kier molecular flexibility index (Phi) is 7.88. The molecular weight excluding hydrogens is 551 g/mol. The molecule has 222 valence electrons. The van der Waals surface area contributed by atoms with Crippen LogP contribution in [-0.2, 0) is 17.8 Å². The second-order valence-corrected chi connectivity index (χ2v) is 10.9. The van der Waals surface area contributed by atoms with Crippen molar-refractivity contribution in [1.29, 1.82) is 5.26 Å². The van der Waals surface area contributed by atoms with E-state index in [4.69, 9.17) is 15.0 Å². The van der Waals surface area contributed by atoms with Crippen LogP contribution in [-0.4, -0.2) is 110 Å². The van der Waals surface area contributed by atoms with Crippen molar-refractivity contribution >= 4 is 23.9 Å². The largest absolute Gasteiger partial charge is 0.389 e. The summed E-state index contributed by atoms with van der Waals surface area (Å²) < 4.78 is 15.6. The number of piperazine rings is 1. The highest BCUT2D eigenvalue weighted by atomic mass is 19.1. The Morgan fingerprint density at radius 3 is 2.58 bits per heavy atom. The van der Waals surface area contributed by atoms with Crippen LogP contribution in [0.25, 0.3) is 11.3 Å². The van der Waals surface area contributed by atoms with E-state index in [2.05, 4.69) is 31.5 Å². The molecule has 3 aromatic rings. The molecule has 1 N–H and O–H groups in total. The summed E-state index contributed by atoms with van der Waals surface area (Å²) in [4.78, 5) is 39.2. The number of aliphatic imine (C=N–C) groups is 1. The Hall–Kier alpha value is -4.67. The lowest BCUT2D eigenvalue weighted by molar-refractivity contribution is -0.142. The predicted octanol–water partition coefficient (Wildman–Crippen LogP) is 1.78. The number of benzene rings is 1. The van der Waals surface area contributed by atoms with Crippen molar-refractivity contribution in [3.63, 3.8) is 0 Å². The van der Waals surface area contributed by atoms with Gasteiger partial charge in [0.1, 0.15) is 23.5 Å². The van der Waals surface area contributed by atoms with E-state index in [0.717, 1.165) is 49.3 Å². The van der Waals surface area contributed by atoms with Crippen molar-refractivity contribution in [2.45, 2.75) is 26.0 Å². The number of imidazole rings is 1. The number of aromatic nitrogens is 4. The standard InChI is InChI=1S/C30H33FN10O2/c1-3-24-29(37(2)30-34-15-21(14-32)28(36-30)20-4-6-22(31)7-5-20)41-9-8-25(33-16-26(41)35-24)39-12-10-38(11-13-39)19-27(43)40-17-23(42)18-40/h4-8,15-16,23,42H,3,9-13,17-19H2,1-2H3. The molecule has 3 aliphatic heterocycles. The van der Waals surface area contributed by atoms with E-state index in [-0.39, 0.29) is 17.8 Å². The van der Waals surface area contributed by atoms with Gasteiger partial charge in [-0.1, -0.05) is 6.92 Å². The van der Waals surface area contributed by atoms with Crippen LogP contribution in [0, 0.1) is 17.1 Å². The van der Waals surface area contributed by atoms with Gasteiger partial charge in [0, 0.05) is 58.4 Å². The third kappa shape index (κ3) is 5.71. The van der Waals surface area contributed by atoms with Crippen LogP contribution in [0.3, 0.4) is 0 Å². The fourth-order valence-corrected chi connectivity index (χ4v) is 5.59. The van der Waals surface area contributed by atoms with Crippen molar-refractivity contribution in [2.24, 2.45) is 4.99 Å². The summed E-state index contributed by atoms with van der Waals surface area (Å²) in [5.74, 6) is 2.50. The number of likely N-dealkylation sites (tertiary alicyclic amines) is 1. The molecule has 3 aliphatic rings. The molecule has 0 spiro atoms. The van der Waals surface area contributed by atoms with Crippen LogP contribution in [0.5, 0.6) is 0 Å². The van der Waals surface area contributed by atoms with Gasteiger partial charge in [-0.2, -0.15) is 5.26 Å². The molecule has 6 rings (SSSR count). The Morgan fingerprint density at radius 2 is 1.91 bits per heavy atom. The zero-order chi connectivity index (χ0) is 30.1. The van der Waals surface area contributed by atoms with Crippen LogP contribution >= 0.6 is 0 Å². The maximum atomic E-state index is 13.6. The lowest BCUT2D eigenvalue weighted by Crippen LogP contribution is -2.57. The van der Waals surface area contributed by atoms with E-state index in [0.29, 0.717) is 55.4 Å². The molecule has 1 amide bonds. The summed E-state index contributed by atoms with van der Waals surface area (Å²) in [5.41, 5.74) is 2.22. The molecule has 2 fully saturated rings. The first-order valence-electron chi connectivity index (χ1n) is 14.4. The van der Waals surface area contributed by atoms with Crippen molar-refractivity contribution in [1.82, 2.24) is 34.2 Å². The number of aryl methyl sites for hydroxylation is 1. The molecular formula is C30H33FN10O2. The number of aliphatic hydroxyl groups is 1. The molecule has 2 aromatic heterocycles. The van der Waals surface area contributed by atoms with E-state index in [1.807, 2.05) is 18.9 Å². The number of rotatable bonds is 7. The van der Waals surface area contributed by atoms with Gasteiger partial charge in [0.15, 0.2) is 5.82 Å². The first-order valence-corrected chi connectivity index (χ1v) is 14.4. The minimum Gasteiger partial charge on any atom is -0.389 e. The van der Waals surface area contributed by atoms with Crippen LogP contribution < -0.4 is 4.90 Å². The molecule has 0 radical (unpaired) electrons. The third-order valence-electron chi connectivity index (χ3n) is 8.05. The van der Waals surface area contributed by atoms with Gasteiger partial charge in [-0.15, -0.1) is 0 Å². The highest BCUT2D eigenvalue weighted by Crippen LogP contribution is 2.30. The molecule has 12 nitrogen and oxygen atoms in total. The van der Waals surface area contributed by atoms with E-state index >= 15 is 0 Å². The molecule has 43 heavy (non-hydrogen) atoms. The monoisotopic (exact) mass is 584 g/mol. The average molecular weight is 585 g/mol. The number of halogens is 1. The summed E-state index contributed by atoms with van der Waals surface area (Å²) in [6.45, 7) is 6.80. The molecule has 5 heterocycles. The second kappa shape index (κ2) is 11.9. The van der Waals surface area contributed by atoms with E-state index in [9.17, 15) is 19.6 Å². The number of allylic oxidation sites excluding steroid dienone is 1. The highest BCUT2D eigenvalue weighted by Gasteiger charge is 2.31. The first-order chi connectivity index (χ1) is 20.8. The quantitative estimate of drug-likeness (QED) is 0.442. The number of β-amino-alcohol motifs (C(OH)–C–C–N with tert-alkyl or cyclic N) is 1. The van der Waals surface area contributed by atoms with Crippen LogP contribution in [0.15, 0.2) is 47.4 Å². The van der Waals surface area contributed by atoms with E-state index < -0.39 is 0 Å². The lowest BCUT2D eigenvalue weighted by Gasteiger charge is -2.39. The number of anilines is 2. The maximum Gasteiger partial charge on any atom is 0.236 e. The van der Waals surface area contributed by atoms with Crippen molar-refractivity contribution < 1.29 is 14.3 Å². The number of carbonyl (C=O) groups excluding carboxylic acids is 1. The number of amides is 1. The van der Waals surface area contributed by atoms with E-state index in [1.54, 1.807) is 23.2 Å². The number of aliphatic hydroxyl groups excluding tert-OH is 1. The summed E-state index contributed by atoms with van der Waals surface area (Å²) in [6.07, 6.45) is 5.64. The third-order valence-corrected chi connectivity index (χ3v) is 8.05. The van der Waals surface area contributed by atoms with Gasteiger partial charge >= 0.3 is 0 Å². The number of nitrogens with zero attached hydrogens (tertiary/aromatic N) is 10. The molecule has 0 unspecified atom stereocenters. The number of fused-ring (bicyclic) bond motifs is 1. The number of nitriles is 1. The SMILES string of the molecule is CCc1nc2n(c1N(C)c1ncc(C#N)c(-c3ccc(F)cc3)n1)CC=C(N1CCN(CC(=O)N3CC(O)C3)CC1)N=C2. The summed E-state index contributed by atoms with van der Waals surface area (Å²) in [7, 11) is 1.87. The fourth-order valence-electron chi connectivity index (χ4n) is 5.59. The van der Waals surface area contributed by atoms with Gasteiger partial charge in [-0.25, -0.2) is 24.3 Å². The van der Waals surface area contributed by atoms with Gasteiger partial charge in [-0.05, 0) is 36.8 Å². The van der Waals surface area contributed by atoms with Gasteiger partial charge in [0.05, 0.1) is 42.0 Å². The summed E-state index contributed by atoms with van der Waals surface area (Å²) in [5, 5.41) is 19.1. The molecule has 0 atom stereocenters. The Morgan fingerprint density at radius 1 is 1.16 bits per heavy atom. The smallest absolute Gasteiger partial charge is 0.236 e. The normalized spacial score (nSPS) is 17.1. The minimum atomic E-state index is -0.389. The van der Waals surface area contributed by atoms with Crippen LogP contribution in [0.4, 0.5) is 16.2 Å². The zero-order valence-corrected chi connectivity index (χ0v) is 24.2. The topological polar surface area (TPSA) is 130 Å². The van der Waals surface area contributed by atoms with Gasteiger partial charge in [0.25, 0.3) is 0 Å².